The highest BCUT2D eigenvalue weighted by Crippen LogP contribution is 2.28. The Morgan fingerprint density at radius 2 is 2.04 bits per heavy atom. The maximum absolute atomic E-state index is 12.1. The fourth-order valence-electron chi connectivity index (χ4n) is 1.91. The van der Waals surface area contributed by atoms with Crippen LogP contribution in [-0.2, 0) is 4.79 Å². The first-order valence-corrected chi connectivity index (χ1v) is 7.70. The third-order valence-electron chi connectivity index (χ3n) is 2.95. The number of rotatable bonds is 6. The highest BCUT2D eigenvalue weighted by atomic mass is 35.5. The largest absolute Gasteiger partial charge is 0.489 e. The molecule has 7 heteroatoms. The molecule has 0 bridgehead atoms. The molecule has 6 nitrogen and oxygen atoms in total. The molecule has 23 heavy (non-hydrogen) atoms. The van der Waals surface area contributed by atoms with E-state index in [1.54, 1.807) is 32.0 Å². The van der Waals surface area contributed by atoms with Crippen LogP contribution in [-0.4, -0.2) is 23.2 Å². The molecule has 0 aliphatic rings. The van der Waals surface area contributed by atoms with Gasteiger partial charge in [-0.3, -0.25) is 10.1 Å². The topological polar surface area (TPSA) is 76.4 Å². The Balaban J connectivity index is 1.97. The Labute approximate surface area is 140 Å². The van der Waals surface area contributed by atoms with Gasteiger partial charge < -0.3 is 14.6 Å². The summed E-state index contributed by atoms with van der Waals surface area (Å²) in [5.41, 5.74) is 1.43. The van der Waals surface area contributed by atoms with Gasteiger partial charge in [0.2, 0.25) is 11.8 Å². The van der Waals surface area contributed by atoms with Crippen LogP contribution in [0.5, 0.6) is 5.75 Å². The molecule has 0 aliphatic heterocycles. The average molecular weight is 338 g/mol. The second-order valence-corrected chi connectivity index (χ2v) is 5.91. The summed E-state index contributed by atoms with van der Waals surface area (Å²) in [6, 6.07) is 6.48. The van der Waals surface area contributed by atoms with E-state index in [-0.39, 0.29) is 12.0 Å². The monoisotopic (exact) mass is 337 g/mol. The predicted octanol–water partition coefficient (Wildman–Crippen LogP) is 3.86. The van der Waals surface area contributed by atoms with Crippen LogP contribution in [0.25, 0.3) is 0 Å². The lowest BCUT2D eigenvalue weighted by molar-refractivity contribution is -0.116. The Morgan fingerprint density at radius 3 is 2.61 bits per heavy atom. The number of ether oxygens (including phenoxy) is 1. The lowest BCUT2D eigenvalue weighted by Gasteiger charge is -2.16. The van der Waals surface area contributed by atoms with Crippen LogP contribution in [0.1, 0.15) is 26.5 Å². The predicted molar refractivity (Wildman–Crippen MR) is 90.2 cm³/mol. The van der Waals surface area contributed by atoms with E-state index in [4.69, 9.17) is 20.9 Å². The van der Waals surface area contributed by atoms with Crippen LogP contribution in [0.2, 0.25) is 5.02 Å². The van der Waals surface area contributed by atoms with E-state index in [1.807, 2.05) is 19.9 Å². The summed E-state index contributed by atoms with van der Waals surface area (Å²) in [5, 5.41) is 9.93. The normalized spacial score (nSPS) is 12.1. The zero-order valence-electron chi connectivity index (χ0n) is 13.5. The minimum absolute atomic E-state index is 0.0429. The average Bonchev–Trinajstić information content (AvgIpc) is 2.86. The van der Waals surface area contributed by atoms with E-state index in [9.17, 15) is 4.79 Å². The second-order valence-electron chi connectivity index (χ2n) is 5.50. The molecule has 0 aliphatic carbocycles. The zero-order chi connectivity index (χ0) is 17.0. The zero-order valence-corrected chi connectivity index (χ0v) is 14.3. The van der Waals surface area contributed by atoms with Crippen LogP contribution in [0, 0.1) is 6.92 Å². The van der Waals surface area contributed by atoms with Gasteiger partial charge in [0, 0.05) is 11.8 Å². The first-order chi connectivity index (χ1) is 10.8. The van der Waals surface area contributed by atoms with Gasteiger partial charge in [-0.25, -0.2) is 0 Å². The van der Waals surface area contributed by atoms with Gasteiger partial charge in [-0.2, -0.15) is 0 Å². The number of halogens is 1. The number of carbonyl (C=O) groups excluding carboxylic acids is 1. The van der Waals surface area contributed by atoms with Crippen molar-refractivity contribution in [3.8, 4) is 5.75 Å². The maximum atomic E-state index is 12.1. The van der Waals surface area contributed by atoms with Crippen molar-refractivity contribution in [3.63, 3.8) is 0 Å². The molecule has 0 radical (unpaired) electrons. The number of amides is 1. The second kappa shape index (κ2) is 7.37. The number of aromatic nitrogens is 1. The van der Waals surface area contributed by atoms with E-state index < -0.39 is 6.04 Å². The fourth-order valence-corrected chi connectivity index (χ4v) is 2.13. The number of carbonyl (C=O) groups is 1. The number of hydrogen-bond donors (Lipinski definition) is 2. The Bertz CT molecular complexity index is 685. The van der Waals surface area contributed by atoms with Crippen molar-refractivity contribution < 1.29 is 14.1 Å². The smallest absolute Gasteiger partial charge is 0.248 e. The molecule has 0 spiro atoms. The molecule has 1 aromatic heterocycles. The van der Waals surface area contributed by atoms with Crippen LogP contribution >= 0.6 is 11.6 Å². The van der Waals surface area contributed by atoms with Crippen LogP contribution < -0.4 is 15.4 Å². The van der Waals surface area contributed by atoms with Gasteiger partial charge in [-0.1, -0.05) is 16.8 Å². The minimum atomic E-state index is -0.478. The van der Waals surface area contributed by atoms with E-state index in [0.29, 0.717) is 22.4 Å². The number of nitrogens with one attached hydrogen (secondary N) is 2. The van der Waals surface area contributed by atoms with E-state index in [1.165, 1.54) is 0 Å². The summed E-state index contributed by atoms with van der Waals surface area (Å²) in [6.07, 6.45) is 0.0429. The molecule has 2 rings (SSSR count). The number of benzene rings is 1. The molecule has 0 unspecified atom stereocenters. The summed E-state index contributed by atoms with van der Waals surface area (Å²) in [7, 11) is 0. The molecular weight excluding hydrogens is 318 g/mol. The molecule has 2 N–H and O–H groups in total. The summed E-state index contributed by atoms with van der Waals surface area (Å²) in [5.74, 6) is 0.695. The third kappa shape index (κ3) is 4.89. The van der Waals surface area contributed by atoms with E-state index >= 15 is 0 Å². The van der Waals surface area contributed by atoms with Gasteiger partial charge in [0.05, 0.1) is 16.8 Å². The minimum Gasteiger partial charge on any atom is -0.489 e. The molecule has 0 saturated heterocycles. The molecule has 1 amide bonds. The number of nitrogens with zero attached hydrogens (tertiary/aromatic N) is 1. The summed E-state index contributed by atoms with van der Waals surface area (Å²) in [4.78, 5) is 12.1. The van der Waals surface area contributed by atoms with Crippen molar-refractivity contribution in [2.75, 3.05) is 10.6 Å². The highest BCUT2D eigenvalue weighted by molar-refractivity contribution is 6.32. The maximum Gasteiger partial charge on any atom is 0.248 e. The van der Waals surface area contributed by atoms with Crippen LogP contribution in [0.15, 0.2) is 28.8 Å². The number of anilines is 2. The van der Waals surface area contributed by atoms with Crippen molar-refractivity contribution in [1.82, 2.24) is 5.16 Å². The van der Waals surface area contributed by atoms with Crippen molar-refractivity contribution in [2.45, 2.75) is 39.8 Å². The van der Waals surface area contributed by atoms with Gasteiger partial charge in [-0.05, 0) is 45.9 Å². The Kier molecular flexibility index (Phi) is 5.50. The molecule has 124 valence electrons. The lowest BCUT2D eigenvalue weighted by atomic mass is 10.2. The fraction of sp³-hybridized carbons (Fsp3) is 0.375. The van der Waals surface area contributed by atoms with Crippen molar-refractivity contribution in [1.29, 1.82) is 0 Å². The van der Waals surface area contributed by atoms with Gasteiger partial charge in [0.25, 0.3) is 0 Å². The first-order valence-electron chi connectivity index (χ1n) is 7.32. The Hall–Kier alpha value is -2.21. The van der Waals surface area contributed by atoms with Gasteiger partial charge in [0.15, 0.2) is 0 Å². The number of hydrogen-bond acceptors (Lipinski definition) is 5. The van der Waals surface area contributed by atoms with Gasteiger partial charge >= 0.3 is 0 Å². The quantitative estimate of drug-likeness (QED) is 0.837. The van der Waals surface area contributed by atoms with Crippen molar-refractivity contribution in [3.05, 3.63) is 35.0 Å². The first kappa shape index (κ1) is 17.1. The summed E-state index contributed by atoms with van der Waals surface area (Å²) < 4.78 is 10.5. The Morgan fingerprint density at radius 1 is 1.30 bits per heavy atom. The molecule has 1 heterocycles. The number of aryl methyl sites for hydroxylation is 1. The molecule has 1 atom stereocenters. The van der Waals surface area contributed by atoms with Gasteiger partial charge in [-0.15, -0.1) is 0 Å². The molecular formula is C16H20ClN3O3. The summed E-state index contributed by atoms with van der Waals surface area (Å²) in [6.45, 7) is 7.38. The van der Waals surface area contributed by atoms with Crippen molar-refractivity contribution in [2.24, 2.45) is 0 Å². The lowest BCUT2D eigenvalue weighted by Crippen LogP contribution is -2.31. The van der Waals surface area contributed by atoms with E-state index in [2.05, 4.69) is 15.8 Å². The third-order valence-corrected chi connectivity index (χ3v) is 3.24. The van der Waals surface area contributed by atoms with Crippen molar-refractivity contribution >= 4 is 29.1 Å². The van der Waals surface area contributed by atoms with E-state index in [0.717, 1.165) is 5.69 Å². The summed E-state index contributed by atoms with van der Waals surface area (Å²) >= 11 is 6.18. The standard InChI is InChI=1S/C16H20ClN3O3/c1-9(2)22-14-6-5-12(8-13(14)17)18-11(4)16(21)19-15-7-10(3)20-23-15/h5-9,11,18H,1-4H3,(H,19,21)/t11-/m0/s1. The van der Waals surface area contributed by atoms with Gasteiger partial charge in [0.1, 0.15) is 11.8 Å². The van der Waals surface area contributed by atoms with Crippen LogP contribution in [0.3, 0.4) is 0 Å². The molecule has 0 fully saturated rings. The molecule has 2 aromatic rings. The molecule has 1 aromatic carbocycles. The SMILES string of the molecule is Cc1cc(NC(=O)[C@H](C)Nc2ccc(OC(C)C)c(Cl)c2)on1. The van der Waals surface area contributed by atoms with Crippen LogP contribution in [0.4, 0.5) is 11.6 Å². The highest BCUT2D eigenvalue weighted by Gasteiger charge is 2.15. The molecule has 0 saturated carbocycles.